The normalized spacial score (nSPS) is 13.0. The molecular weight excluding hydrogens is 300 g/mol. The molecule has 0 amide bonds. The van der Waals surface area contributed by atoms with Crippen LogP contribution in [0.5, 0.6) is 0 Å². The largest absolute Gasteiger partial charge is 0.467 e. The summed E-state index contributed by atoms with van der Waals surface area (Å²) < 4.78 is 6.24. The zero-order chi connectivity index (χ0) is 16.4. The predicted molar refractivity (Wildman–Crippen MR) is 104 cm³/mol. The monoisotopic (exact) mass is 328 g/mol. The molecule has 2 rings (SSSR count). The van der Waals surface area contributed by atoms with Crippen molar-refractivity contribution >= 4 is 33.7 Å². The SMILES string of the molecule is C[Si](C)(C)Cc1cc(/C=C/c2ccccc2)oc1[Si](C)(C)C. The van der Waals surface area contributed by atoms with Crippen molar-refractivity contribution in [3.8, 4) is 0 Å². The molecule has 0 unspecified atom stereocenters. The molecule has 0 radical (unpaired) electrons. The first-order valence-corrected chi connectivity index (χ1v) is 15.2. The number of benzene rings is 1. The molecule has 0 aliphatic carbocycles. The van der Waals surface area contributed by atoms with E-state index in [0.717, 1.165) is 5.76 Å². The van der Waals surface area contributed by atoms with Gasteiger partial charge in [-0.15, -0.1) is 0 Å². The quantitative estimate of drug-likeness (QED) is 0.668. The fourth-order valence-corrected chi connectivity index (χ4v) is 5.74. The topological polar surface area (TPSA) is 13.1 Å². The second-order valence-electron chi connectivity index (χ2n) is 8.23. The smallest absolute Gasteiger partial charge is 0.126 e. The molecule has 0 saturated heterocycles. The maximum atomic E-state index is 6.24. The van der Waals surface area contributed by atoms with Crippen molar-refractivity contribution in [3.63, 3.8) is 0 Å². The van der Waals surface area contributed by atoms with E-state index in [2.05, 4.69) is 81.8 Å². The van der Waals surface area contributed by atoms with Crippen molar-refractivity contribution in [1.29, 1.82) is 0 Å². The van der Waals surface area contributed by atoms with E-state index in [-0.39, 0.29) is 0 Å². The summed E-state index contributed by atoms with van der Waals surface area (Å²) in [6.45, 7) is 14.4. The lowest BCUT2D eigenvalue weighted by molar-refractivity contribution is 0.585. The van der Waals surface area contributed by atoms with Gasteiger partial charge in [-0.3, -0.25) is 0 Å². The summed E-state index contributed by atoms with van der Waals surface area (Å²) in [6, 6.07) is 13.9. The van der Waals surface area contributed by atoms with Gasteiger partial charge < -0.3 is 4.42 Å². The molecule has 0 bridgehead atoms. The highest BCUT2D eigenvalue weighted by atomic mass is 28.3. The summed E-state index contributed by atoms with van der Waals surface area (Å²) in [6.07, 6.45) is 4.23. The Morgan fingerprint density at radius 3 is 2.09 bits per heavy atom. The van der Waals surface area contributed by atoms with Crippen molar-refractivity contribution in [1.82, 2.24) is 0 Å². The molecule has 1 aromatic heterocycles. The van der Waals surface area contributed by atoms with Crippen LogP contribution in [0.4, 0.5) is 0 Å². The van der Waals surface area contributed by atoms with E-state index in [4.69, 9.17) is 4.42 Å². The first kappa shape index (κ1) is 17.0. The Hall–Kier alpha value is -1.33. The molecule has 0 aliphatic heterocycles. The first-order valence-electron chi connectivity index (χ1n) is 8.01. The van der Waals surface area contributed by atoms with Crippen molar-refractivity contribution in [2.45, 2.75) is 45.3 Å². The molecule has 0 N–H and O–H groups in total. The van der Waals surface area contributed by atoms with Crippen LogP contribution in [0.2, 0.25) is 39.3 Å². The summed E-state index contributed by atoms with van der Waals surface area (Å²) >= 11 is 0. The molecule has 0 aliphatic rings. The van der Waals surface area contributed by atoms with Gasteiger partial charge >= 0.3 is 0 Å². The van der Waals surface area contributed by atoms with Crippen LogP contribution in [0.15, 0.2) is 40.8 Å². The van der Waals surface area contributed by atoms with Crippen LogP contribution in [-0.4, -0.2) is 16.1 Å². The Bertz CT molecular complexity index is 640. The predicted octanol–water partition coefficient (Wildman–Crippen LogP) is 5.42. The third kappa shape index (κ3) is 4.85. The molecule has 0 saturated carbocycles. The minimum Gasteiger partial charge on any atom is -0.467 e. The molecule has 3 heteroatoms. The summed E-state index contributed by atoms with van der Waals surface area (Å²) in [7, 11) is -2.59. The maximum Gasteiger partial charge on any atom is 0.126 e. The van der Waals surface area contributed by atoms with E-state index < -0.39 is 16.1 Å². The summed E-state index contributed by atoms with van der Waals surface area (Å²) in [5, 5.41) is 1.28. The van der Waals surface area contributed by atoms with Crippen LogP contribution < -0.4 is 5.38 Å². The molecule has 118 valence electrons. The molecule has 1 heterocycles. The Labute approximate surface area is 137 Å². The van der Waals surface area contributed by atoms with Gasteiger partial charge in [0.2, 0.25) is 0 Å². The lowest BCUT2D eigenvalue weighted by Crippen LogP contribution is -2.40. The molecule has 0 fully saturated rings. The minimum atomic E-state index is -1.44. The molecule has 0 atom stereocenters. The number of hydrogen-bond donors (Lipinski definition) is 0. The van der Waals surface area contributed by atoms with Crippen LogP contribution in [0.3, 0.4) is 0 Å². The van der Waals surface area contributed by atoms with E-state index in [1.54, 1.807) is 0 Å². The molecular formula is C19H28OSi2. The second kappa shape index (κ2) is 6.43. The lowest BCUT2D eigenvalue weighted by Gasteiger charge is -2.19. The van der Waals surface area contributed by atoms with Crippen LogP contribution in [-0.2, 0) is 6.04 Å². The Kier molecular flexibility index (Phi) is 4.98. The van der Waals surface area contributed by atoms with Gasteiger partial charge in [-0.25, -0.2) is 0 Å². The van der Waals surface area contributed by atoms with Crippen molar-refractivity contribution < 1.29 is 4.42 Å². The van der Waals surface area contributed by atoms with Crippen molar-refractivity contribution in [3.05, 3.63) is 53.3 Å². The highest BCUT2D eigenvalue weighted by Gasteiger charge is 2.28. The highest BCUT2D eigenvalue weighted by molar-refractivity contribution is 6.88. The average Bonchev–Trinajstić information content (AvgIpc) is 2.78. The van der Waals surface area contributed by atoms with Crippen molar-refractivity contribution in [2.75, 3.05) is 0 Å². The number of furan rings is 1. The third-order valence-electron chi connectivity index (χ3n) is 3.47. The zero-order valence-electron chi connectivity index (χ0n) is 14.7. The third-order valence-corrected chi connectivity index (χ3v) is 6.70. The second-order valence-corrected chi connectivity index (χ2v) is 18.7. The van der Waals surface area contributed by atoms with E-state index in [9.17, 15) is 0 Å². The Morgan fingerprint density at radius 1 is 0.909 bits per heavy atom. The average molecular weight is 329 g/mol. The fraction of sp³-hybridized carbons (Fsp3) is 0.368. The van der Waals surface area contributed by atoms with E-state index in [1.807, 2.05) is 6.07 Å². The molecule has 22 heavy (non-hydrogen) atoms. The van der Waals surface area contributed by atoms with Gasteiger partial charge in [-0.05, 0) is 29.3 Å². The summed E-state index contributed by atoms with van der Waals surface area (Å²) in [5.41, 5.74) is 2.66. The number of hydrogen-bond acceptors (Lipinski definition) is 1. The summed E-state index contributed by atoms with van der Waals surface area (Å²) in [5.74, 6) is 0.995. The molecule has 0 spiro atoms. The Morgan fingerprint density at radius 2 is 1.55 bits per heavy atom. The molecule has 2 aromatic rings. The van der Waals surface area contributed by atoms with Gasteiger partial charge in [0.1, 0.15) is 13.8 Å². The van der Waals surface area contributed by atoms with Crippen LogP contribution in [0, 0.1) is 0 Å². The lowest BCUT2D eigenvalue weighted by atomic mass is 10.2. The van der Waals surface area contributed by atoms with Gasteiger partial charge in [0.05, 0.1) is 5.38 Å². The van der Waals surface area contributed by atoms with Gasteiger partial charge in [0, 0.05) is 8.07 Å². The summed E-state index contributed by atoms with van der Waals surface area (Å²) in [4.78, 5) is 0. The van der Waals surface area contributed by atoms with E-state index in [1.165, 1.54) is 22.6 Å². The van der Waals surface area contributed by atoms with E-state index in [0.29, 0.717) is 0 Å². The Balaban J connectivity index is 2.32. The van der Waals surface area contributed by atoms with E-state index >= 15 is 0 Å². The van der Waals surface area contributed by atoms with Crippen LogP contribution in [0.25, 0.3) is 12.2 Å². The van der Waals surface area contributed by atoms with Gasteiger partial charge in [-0.2, -0.15) is 0 Å². The van der Waals surface area contributed by atoms with Gasteiger partial charge in [0.15, 0.2) is 0 Å². The first-order chi connectivity index (χ1) is 10.1. The van der Waals surface area contributed by atoms with Crippen LogP contribution >= 0.6 is 0 Å². The van der Waals surface area contributed by atoms with Gasteiger partial charge in [-0.1, -0.05) is 75.7 Å². The van der Waals surface area contributed by atoms with Crippen LogP contribution in [0.1, 0.15) is 16.9 Å². The zero-order valence-corrected chi connectivity index (χ0v) is 16.7. The highest BCUT2D eigenvalue weighted by Crippen LogP contribution is 2.19. The van der Waals surface area contributed by atoms with Crippen molar-refractivity contribution in [2.24, 2.45) is 0 Å². The number of rotatable bonds is 5. The molecule has 1 nitrogen and oxygen atoms in total. The maximum absolute atomic E-state index is 6.24. The fourth-order valence-electron chi connectivity index (χ4n) is 2.61. The molecule has 1 aromatic carbocycles. The minimum absolute atomic E-state index is 0.995. The van der Waals surface area contributed by atoms with Gasteiger partial charge in [0.25, 0.3) is 0 Å². The standard InChI is InChI=1S/C19H28OSi2/c1-21(2,3)15-17-14-18(20-19(17)22(4,5)6)13-12-16-10-8-7-9-11-16/h7-14H,15H2,1-6H3/b13-12+.